The van der Waals surface area contributed by atoms with Crippen LogP contribution in [0.2, 0.25) is 5.02 Å². The summed E-state index contributed by atoms with van der Waals surface area (Å²) in [6, 6.07) is 12.8. The van der Waals surface area contributed by atoms with Crippen molar-refractivity contribution in [1.82, 2.24) is 20.2 Å². The van der Waals surface area contributed by atoms with Gasteiger partial charge in [-0.3, -0.25) is 19.5 Å². The van der Waals surface area contributed by atoms with Crippen molar-refractivity contribution in [3.63, 3.8) is 0 Å². The molecule has 0 spiro atoms. The number of halogens is 1. The van der Waals surface area contributed by atoms with Gasteiger partial charge in [-0.1, -0.05) is 49.7 Å². The number of hydrogen-bond acceptors (Lipinski definition) is 6. The molecule has 1 aromatic carbocycles. The third-order valence-electron chi connectivity index (χ3n) is 6.53. The van der Waals surface area contributed by atoms with Gasteiger partial charge in [0.2, 0.25) is 12.8 Å². The van der Waals surface area contributed by atoms with E-state index in [1.165, 1.54) is 4.90 Å². The van der Waals surface area contributed by atoms with Gasteiger partial charge in [0.15, 0.2) is 5.82 Å². The van der Waals surface area contributed by atoms with Crippen LogP contribution in [0, 0.1) is 0 Å². The maximum absolute atomic E-state index is 12.9. The van der Waals surface area contributed by atoms with Crippen LogP contribution in [0.25, 0.3) is 11.3 Å². The standard InChI is InChI=1S/C30H36ClN7O2/c1-6-7-15-37(21(4)17-34-18-39)29(33-5)24-16-25(31)27(23-12-10-14-35-28(23)32)36-30(24)38(19-40)26-13-9-8-11-22(26)20(2)3/h6,8-14,16,18-21H,1,7,15,17H2,2-5H3,(H2,32,35)(H,34,39). The van der Waals surface area contributed by atoms with E-state index >= 15 is 0 Å². The Kier molecular flexibility index (Phi) is 10.8. The quantitative estimate of drug-likeness (QED) is 0.128. The van der Waals surface area contributed by atoms with Crippen LogP contribution in [0.15, 0.2) is 66.3 Å². The lowest BCUT2D eigenvalue weighted by molar-refractivity contribution is -0.109. The lowest BCUT2D eigenvalue weighted by Gasteiger charge is -2.34. The summed E-state index contributed by atoms with van der Waals surface area (Å²) in [5, 5.41) is 3.07. The van der Waals surface area contributed by atoms with Gasteiger partial charge >= 0.3 is 0 Å². The molecule has 0 saturated heterocycles. The molecule has 3 aromatic rings. The first-order valence-electron chi connectivity index (χ1n) is 13.1. The first-order chi connectivity index (χ1) is 19.3. The molecule has 0 radical (unpaired) electrons. The smallest absolute Gasteiger partial charge is 0.219 e. The molecule has 9 nitrogen and oxygen atoms in total. The molecule has 2 heterocycles. The van der Waals surface area contributed by atoms with E-state index in [9.17, 15) is 9.59 Å². The summed E-state index contributed by atoms with van der Waals surface area (Å²) in [6.45, 7) is 10.9. The Morgan fingerprint density at radius 3 is 2.58 bits per heavy atom. The average molecular weight is 562 g/mol. The van der Waals surface area contributed by atoms with Gasteiger partial charge in [0.05, 0.1) is 22.0 Å². The number of nitrogen functional groups attached to an aromatic ring is 1. The minimum atomic E-state index is -0.142. The first-order valence-corrected chi connectivity index (χ1v) is 13.4. The van der Waals surface area contributed by atoms with Gasteiger partial charge in [0.25, 0.3) is 0 Å². The molecular weight excluding hydrogens is 526 g/mol. The summed E-state index contributed by atoms with van der Waals surface area (Å²) in [5.74, 6) is 1.30. The molecule has 0 fully saturated rings. The number of nitrogens with two attached hydrogens (primary N) is 1. The van der Waals surface area contributed by atoms with Gasteiger partial charge in [0, 0.05) is 37.9 Å². The van der Waals surface area contributed by atoms with Crippen molar-refractivity contribution in [3.8, 4) is 11.3 Å². The van der Waals surface area contributed by atoms with Crippen LogP contribution in [-0.2, 0) is 9.59 Å². The number of aromatic nitrogens is 2. The topological polar surface area (TPSA) is 117 Å². The van der Waals surface area contributed by atoms with Gasteiger partial charge in [-0.2, -0.15) is 0 Å². The highest BCUT2D eigenvalue weighted by molar-refractivity contribution is 6.34. The summed E-state index contributed by atoms with van der Waals surface area (Å²) in [7, 11) is 1.67. The minimum absolute atomic E-state index is 0.140. The number of carbonyl (C=O) groups excluding carboxylic acids is 2. The summed E-state index contributed by atoms with van der Waals surface area (Å²) in [4.78, 5) is 41.3. The minimum Gasteiger partial charge on any atom is -0.383 e. The number of aliphatic imine (C=N–C) groups is 1. The van der Waals surface area contributed by atoms with E-state index in [2.05, 4.69) is 35.7 Å². The molecule has 40 heavy (non-hydrogen) atoms. The Balaban J connectivity index is 2.34. The third-order valence-corrected chi connectivity index (χ3v) is 6.82. The largest absolute Gasteiger partial charge is 0.383 e. The molecule has 3 N–H and O–H groups in total. The zero-order valence-corrected chi connectivity index (χ0v) is 24.1. The van der Waals surface area contributed by atoms with Gasteiger partial charge < -0.3 is 16.0 Å². The number of nitrogens with one attached hydrogen (secondary N) is 1. The number of pyridine rings is 2. The van der Waals surface area contributed by atoms with Crippen LogP contribution < -0.4 is 16.0 Å². The van der Waals surface area contributed by atoms with E-state index in [4.69, 9.17) is 22.3 Å². The predicted octanol–water partition coefficient (Wildman–Crippen LogP) is 5.19. The molecular formula is C30H36ClN7O2. The van der Waals surface area contributed by atoms with Crippen molar-refractivity contribution in [2.75, 3.05) is 30.8 Å². The van der Waals surface area contributed by atoms with Crippen molar-refractivity contribution in [3.05, 3.63) is 77.5 Å². The molecule has 0 saturated carbocycles. The van der Waals surface area contributed by atoms with Gasteiger partial charge in [0.1, 0.15) is 11.7 Å². The highest BCUT2D eigenvalue weighted by Gasteiger charge is 2.28. The van der Waals surface area contributed by atoms with Crippen molar-refractivity contribution in [1.29, 1.82) is 0 Å². The molecule has 1 unspecified atom stereocenters. The Bertz CT molecular complexity index is 1380. The number of carbonyl (C=O) groups is 2. The molecule has 2 amide bonds. The molecule has 2 aromatic heterocycles. The van der Waals surface area contributed by atoms with Crippen LogP contribution in [-0.4, -0.2) is 59.7 Å². The maximum atomic E-state index is 12.9. The zero-order valence-electron chi connectivity index (χ0n) is 23.3. The second-order valence-corrected chi connectivity index (χ2v) is 9.92. The first kappa shape index (κ1) is 30.3. The SMILES string of the molecule is C=CCCN(C(=NC)c1cc(Cl)c(-c2cccnc2N)nc1N(C=O)c1ccccc1C(C)C)C(C)CNC=O. The van der Waals surface area contributed by atoms with Gasteiger partial charge in [-0.25, -0.2) is 9.97 Å². The number of anilines is 3. The number of nitrogens with zero attached hydrogens (tertiary/aromatic N) is 5. The molecule has 0 aliphatic rings. The monoisotopic (exact) mass is 561 g/mol. The molecule has 1 atom stereocenters. The van der Waals surface area contributed by atoms with Crippen molar-refractivity contribution in [2.24, 2.45) is 4.99 Å². The van der Waals surface area contributed by atoms with E-state index in [0.29, 0.717) is 65.1 Å². The number of rotatable bonds is 13. The van der Waals surface area contributed by atoms with Crippen LogP contribution in [0.3, 0.4) is 0 Å². The normalized spacial score (nSPS) is 12.1. The number of amidine groups is 1. The summed E-state index contributed by atoms with van der Waals surface area (Å²) in [6.07, 6.45) is 5.48. The third kappa shape index (κ3) is 6.66. The molecule has 0 aliphatic heterocycles. The summed E-state index contributed by atoms with van der Waals surface area (Å²) < 4.78 is 0. The Morgan fingerprint density at radius 2 is 1.95 bits per heavy atom. The Morgan fingerprint density at radius 1 is 1.20 bits per heavy atom. The fourth-order valence-corrected chi connectivity index (χ4v) is 4.80. The van der Waals surface area contributed by atoms with Gasteiger partial charge in [-0.05, 0) is 49.1 Å². The van der Waals surface area contributed by atoms with E-state index in [-0.39, 0.29) is 17.8 Å². The van der Waals surface area contributed by atoms with E-state index in [0.717, 1.165) is 12.0 Å². The van der Waals surface area contributed by atoms with Crippen LogP contribution in [0.4, 0.5) is 17.3 Å². The number of amides is 2. The number of benzene rings is 1. The average Bonchev–Trinajstić information content (AvgIpc) is 2.95. The van der Waals surface area contributed by atoms with E-state index in [1.54, 1.807) is 31.4 Å². The van der Waals surface area contributed by atoms with Gasteiger partial charge in [-0.15, -0.1) is 6.58 Å². The fraction of sp³-hybridized carbons (Fsp3) is 0.300. The zero-order chi connectivity index (χ0) is 29.2. The molecule has 0 bridgehead atoms. The predicted molar refractivity (Wildman–Crippen MR) is 163 cm³/mol. The summed E-state index contributed by atoms with van der Waals surface area (Å²) >= 11 is 6.86. The molecule has 0 aliphatic carbocycles. The highest BCUT2D eigenvalue weighted by atomic mass is 35.5. The Labute approximate surface area is 240 Å². The molecule has 3 rings (SSSR count). The van der Waals surface area contributed by atoms with E-state index in [1.807, 2.05) is 42.2 Å². The fourth-order valence-electron chi connectivity index (χ4n) is 4.55. The van der Waals surface area contributed by atoms with Crippen LogP contribution in [0.5, 0.6) is 0 Å². The maximum Gasteiger partial charge on any atom is 0.219 e. The second-order valence-electron chi connectivity index (χ2n) is 9.51. The van der Waals surface area contributed by atoms with Crippen molar-refractivity contribution < 1.29 is 9.59 Å². The van der Waals surface area contributed by atoms with Crippen molar-refractivity contribution in [2.45, 2.75) is 39.2 Å². The Hall–Kier alpha value is -4.24. The van der Waals surface area contributed by atoms with Crippen LogP contribution >= 0.6 is 11.6 Å². The lowest BCUT2D eigenvalue weighted by Crippen LogP contribution is -2.45. The molecule has 10 heteroatoms. The summed E-state index contributed by atoms with van der Waals surface area (Å²) in [5.41, 5.74) is 9.35. The highest BCUT2D eigenvalue weighted by Crippen LogP contribution is 2.38. The lowest BCUT2D eigenvalue weighted by atomic mass is 10.00. The second kappa shape index (κ2) is 14.2. The number of hydrogen-bond donors (Lipinski definition) is 2. The van der Waals surface area contributed by atoms with E-state index < -0.39 is 0 Å². The number of para-hydroxylation sites is 1. The molecule has 210 valence electrons. The van der Waals surface area contributed by atoms with Crippen molar-refractivity contribution >= 4 is 47.6 Å². The van der Waals surface area contributed by atoms with Crippen LogP contribution in [0.1, 0.15) is 44.2 Å².